The fourth-order valence-electron chi connectivity index (χ4n) is 2.02. The highest BCUT2D eigenvalue weighted by Gasteiger charge is 2.16. The molecule has 1 aromatic heterocycles. The molecule has 0 bridgehead atoms. The molecule has 0 saturated heterocycles. The summed E-state index contributed by atoms with van der Waals surface area (Å²) in [5.41, 5.74) is 2.47. The zero-order valence-electron chi connectivity index (χ0n) is 13.1. The van der Waals surface area contributed by atoms with E-state index in [9.17, 15) is 19.7 Å². The number of nitro groups is 1. The third-order valence-electron chi connectivity index (χ3n) is 3.22. The van der Waals surface area contributed by atoms with Gasteiger partial charge in [-0.05, 0) is 24.3 Å². The van der Waals surface area contributed by atoms with Crippen LogP contribution in [-0.2, 0) is 4.79 Å². The summed E-state index contributed by atoms with van der Waals surface area (Å²) < 4.78 is 15.2. The van der Waals surface area contributed by atoms with E-state index in [1.54, 1.807) is 12.1 Å². The van der Waals surface area contributed by atoms with Crippen LogP contribution in [0.2, 0.25) is 0 Å². The van der Waals surface area contributed by atoms with Gasteiger partial charge in [0.25, 0.3) is 11.8 Å². The summed E-state index contributed by atoms with van der Waals surface area (Å²) in [6.45, 7) is -0.220. The van der Waals surface area contributed by atoms with E-state index < -0.39 is 22.6 Å². The van der Waals surface area contributed by atoms with Crippen molar-refractivity contribution < 1.29 is 28.4 Å². The summed E-state index contributed by atoms with van der Waals surface area (Å²) in [6.07, 6.45) is 1.10. The van der Waals surface area contributed by atoms with Gasteiger partial charge in [-0.15, -0.1) is 0 Å². The Morgan fingerprint density at radius 3 is 2.81 bits per heavy atom. The summed E-state index contributed by atoms with van der Waals surface area (Å²) in [7, 11) is 0. The van der Waals surface area contributed by atoms with Crippen LogP contribution in [0.1, 0.15) is 16.1 Å². The van der Waals surface area contributed by atoms with Gasteiger partial charge >= 0.3 is 5.88 Å². The lowest BCUT2D eigenvalue weighted by Crippen LogP contribution is -2.34. The molecule has 2 amide bonds. The molecule has 3 rings (SSSR count). The fraction of sp³-hybridized carbons (Fsp3) is 0.133. The monoisotopic (exact) mass is 360 g/mol. The smallest absolute Gasteiger partial charge is 0.433 e. The molecule has 0 unspecified atom stereocenters. The lowest BCUT2D eigenvalue weighted by atomic mass is 10.2. The van der Waals surface area contributed by atoms with Crippen LogP contribution in [0, 0.1) is 10.1 Å². The van der Waals surface area contributed by atoms with Crippen LogP contribution in [0.25, 0.3) is 0 Å². The molecule has 26 heavy (non-hydrogen) atoms. The quantitative estimate of drug-likeness (QED) is 0.440. The molecule has 2 aromatic rings. The number of amides is 2. The first kappa shape index (κ1) is 17.0. The summed E-state index contributed by atoms with van der Waals surface area (Å²) in [4.78, 5) is 33.4. The summed E-state index contributed by atoms with van der Waals surface area (Å²) in [5, 5.41) is 16.5. The molecule has 2 heterocycles. The molecular weight excluding hydrogens is 348 g/mol. The van der Waals surface area contributed by atoms with Crippen LogP contribution in [-0.4, -0.2) is 36.3 Å². The van der Waals surface area contributed by atoms with E-state index in [-0.39, 0.29) is 19.1 Å². The van der Waals surface area contributed by atoms with E-state index in [1.165, 1.54) is 12.1 Å². The van der Waals surface area contributed by atoms with Crippen LogP contribution in [0.4, 0.5) is 5.88 Å². The normalized spacial score (nSPS) is 12.2. The highest BCUT2D eigenvalue weighted by atomic mass is 16.7. The molecule has 1 aliphatic rings. The van der Waals surface area contributed by atoms with Gasteiger partial charge in [-0.3, -0.25) is 19.7 Å². The maximum absolute atomic E-state index is 12.0. The summed E-state index contributed by atoms with van der Waals surface area (Å²) in [6, 6.07) is 7.15. The van der Waals surface area contributed by atoms with Crippen molar-refractivity contribution in [3.8, 4) is 11.5 Å². The van der Waals surface area contributed by atoms with Gasteiger partial charge in [0.15, 0.2) is 17.3 Å². The van der Waals surface area contributed by atoms with Gasteiger partial charge in [-0.2, -0.15) is 5.10 Å². The standard InChI is InChI=1S/C15H12N4O7/c20-13(18-17-6-10-2-4-14(26-10)19(22)23)7-16-15(21)9-1-3-11-12(5-9)25-8-24-11/h1-6H,7-8H2,(H,16,21)(H,18,20)/b17-6+. The Balaban J connectivity index is 1.46. The van der Waals surface area contributed by atoms with Crippen molar-refractivity contribution in [3.63, 3.8) is 0 Å². The first-order chi connectivity index (χ1) is 12.5. The first-order valence-electron chi connectivity index (χ1n) is 7.27. The Kier molecular flexibility index (Phi) is 4.78. The van der Waals surface area contributed by atoms with E-state index in [2.05, 4.69) is 15.8 Å². The van der Waals surface area contributed by atoms with Crippen LogP contribution >= 0.6 is 0 Å². The van der Waals surface area contributed by atoms with Gasteiger partial charge < -0.3 is 19.2 Å². The third-order valence-corrected chi connectivity index (χ3v) is 3.22. The Morgan fingerprint density at radius 1 is 1.23 bits per heavy atom. The summed E-state index contributed by atoms with van der Waals surface area (Å²) in [5.74, 6) is -0.387. The molecule has 134 valence electrons. The molecule has 0 aliphatic carbocycles. The number of carbonyl (C=O) groups is 2. The van der Waals surface area contributed by atoms with E-state index in [1.807, 2.05) is 0 Å². The van der Waals surface area contributed by atoms with Crippen molar-refractivity contribution >= 4 is 23.9 Å². The van der Waals surface area contributed by atoms with Gasteiger partial charge in [0, 0.05) is 5.56 Å². The molecular formula is C15H12N4O7. The molecule has 0 spiro atoms. The van der Waals surface area contributed by atoms with Gasteiger partial charge in [0.05, 0.1) is 18.8 Å². The Labute approximate surface area is 145 Å². The average molecular weight is 360 g/mol. The molecule has 0 atom stereocenters. The van der Waals surface area contributed by atoms with Crippen LogP contribution in [0.5, 0.6) is 11.5 Å². The third kappa shape index (κ3) is 3.95. The number of rotatable bonds is 6. The minimum absolute atomic E-state index is 0.0969. The molecule has 11 nitrogen and oxygen atoms in total. The number of furan rings is 1. The second-order valence-corrected chi connectivity index (χ2v) is 4.98. The maximum atomic E-state index is 12.0. The van der Waals surface area contributed by atoms with Crippen molar-refractivity contribution in [2.45, 2.75) is 0 Å². The van der Waals surface area contributed by atoms with E-state index in [4.69, 9.17) is 13.9 Å². The summed E-state index contributed by atoms with van der Waals surface area (Å²) >= 11 is 0. The molecule has 2 N–H and O–H groups in total. The molecule has 1 aliphatic heterocycles. The second kappa shape index (κ2) is 7.34. The van der Waals surface area contributed by atoms with Gasteiger partial charge in [-0.25, -0.2) is 5.43 Å². The number of hydrogen-bond donors (Lipinski definition) is 2. The van der Waals surface area contributed by atoms with Crippen molar-refractivity contribution in [1.82, 2.24) is 10.7 Å². The number of fused-ring (bicyclic) bond motifs is 1. The molecule has 0 saturated carbocycles. The van der Waals surface area contributed by atoms with Crippen LogP contribution < -0.4 is 20.2 Å². The zero-order chi connectivity index (χ0) is 18.5. The van der Waals surface area contributed by atoms with Gasteiger partial charge in [0.1, 0.15) is 4.92 Å². The SMILES string of the molecule is O=C(CNC(=O)c1ccc2c(c1)OCO2)N/N=C/c1ccc([N+](=O)[O-])o1. The molecule has 0 fully saturated rings. The zero-order valence-corrected chi connectivity index (χ0v) is 13.1. The molecule has 11 heteroatoms. The minimum Gasteiger partial charge on any atom is -0.454 e. The Bertz CT molecular complexity index is 890. The van der Waals surface area contributed by atoms with E-state index >= 15 is 0 Å². The maximum Gasteiger partial charge on any atom is 0.433 e. The molecule has 1 aromatic carbocycles. The number of hydrazone groups is 1. The average Bonchev–Trinajstić information content (AvgIpc) is 3.28. The van der Waals surface area contributed by atoms with Crippen molar-refractivity contribution in [1.29, 1.82) is 0 Å². The van der Waals surface area contributed by atoms with Crippen molar-refractivity contribution in [2.75, 3.05) is 13.3 Å². The number of hydrogen-bond acceptors (Lipinski definition) is 8. The highest BCUT2D eigenvalue weighted by molar-refractivity contribution is 5.97. The predicted molar refractivity (Wildman–Crippen MR) is 86.0 cm³/mol. The number of nitrogens with zero attached hydrogens (tertiary/aromatic N) is 2. The number of ether oxygens (including phenoxy) is 2. The van der Waals surface area contributed by atoms with Crippen molar-refractivity contribution in [3.05, 3.63) is 51.8 Å². The minimum atomic E-state index is -0.693. The number of benzene rings is 1. The lowest BCUT2D eigenvalue weighted by molar-refractivity contribution is -0.402. The van der Waals surface area contributed by atoms with Crippen molar-refractivity contribution in [2.24, 2.45) is 5.10 Å². The first-order valence-corrected chi connectivity index (χ1v) is 7.27. The largest absolute Gasteiger partial charge is 0.454 e. The van der Waals surface area contributed by atoms with E-state index in [0.717, 1.165) is 12.3 Å². The molecule has 0 radical (unpaired) electrons. The Hall–Kier alpha value is -3.89. The van der Waals surface area contributed by atoms with Gasteiger partial charge in [-0.1, -0.05) is 0 Å². The van der Waals surface area contributed by atoms with Gasteiger partial charge in [0.2, 0.25) is 6.79 Å². The van der Waals surface area contributed by atoms with E-state index in [0.29, 0.717) is 17.1 Å². The Morgan fingerprint density at radius 2 is 2.04 bits per heavy atom. The van der Waals surface area contributed by atoms with Crippen LogP contribution in [0.15, 0.2) is 39.9 Å². The number of nitrogens with one attached hydrogen (secondary N) is 2. The highest BCUT2D eigenvalue weighted by Crippen LogP contribution is 2.32. The van der Waals surface area contributed by atoms with Crippen LogP contribution in [0.3, 0.4) is 0 Å². The second-order valence-electron chi connectivity index (χ2n) is 4.98. The fourth-order valence-corrected chi connectivity index (χ4v) is 2.02. The topological polar surface area (TPSA) is 145 Å². The lowest BCUT2D eigenvalue weighted by Gasteiger charge is -2.05. The predicted octanol–water partition coefficient (Wildman–Crippen LogP) is 0.797. The number of carbonyl (C=O) groups excluding carboxylic acids is 2.